The van der Waals surface area contributed by atoms with Crippen molar-refractivity contribution in [3.63, 3.8) is 0 Å². The molecule has 0 rings (SSSR count). The van der Waals surface area contributed by atoms with Gasteiger partial charge in [-0.3, -0.25) is 4.79 Å². The summed E-state index contributed by atoms with van der Waals surface area (Å²) in [7, 11) is 0. The average Bonchev–Trinajstić information content (AvgIpc) is 2.00. The number of hydrogen-bond donors (Lipinski definition) is 3. The van der Waals surface area contributed by atoms with Gasteiger partial charge in [0, 0.05) is 0 Å². The number of aliphatic carboxylic acids is 1. The van der Waals surface area contributed by atoms with E-state index >= 15 is 0 Å². The highest BCUT2D eigenvalue weighted by Gasteiger charge is 2.23. The molecule has 6 heteroatoms. The number of carbonyl (C=O) groups excluding carboxylic acids is 2. The molecule has 0 radical (unpaired) electrons. The molecule has 0 aliphatic carbocycles. The van der Waals surface area contributed by atoms with Crippen LogP contribution in [0.5, 0.6) is 0 Å². The molecule has 0 aliphatic rings. The number of hydrogen-bond acceptors (Lipinski definition) is 6. The minimum atomic E-state index is -2.28. The van der Waals surface area contributed by atoms with Crippen molar-refractivity contribution >= 4 is 11.8 Å². The molecule has 0 fully saturated rings. The predicted molar refractivity (Wildman–Crippen MR) is 29.1 cm³/mol. The molecule has 0 saturated carbocycles. The third-order valence-corrected chi connectivity index (χ3v) is 1.03. The molecule has 64 valence electrons. The first-order valence-electron chi connectivity index (χ1n) is 2.71. The molecule has 0 aliphatic heterocycles. The van der Waals surface area contributed by atoms with Crippen molar-refractivity contribution in [1.29, 1.82) is 0 Å². The van der Waals surface area contributed by atoms with Crippen LogP contribution in [0.3, 0.4) is 0 Å². The van der Waals surface area contributed by atoms with Gasteiger partial charge in [-0.1, -0.05) is 0 Å². The molecule has 0 unspecified atom stereocenters. The third kappa shape index (κ3) is 2.62. The Balaban J connectivity index is 4.12. The van der Waals surface area contributed by atoms with Gasteiger partial charge in [0.25, 0.3) is 0 Å². The average molecular weight is 163 g/mol. The second-order valence-electron chi connectivity index (χ2n) is 1.83. The zero-order chi connectivity index (χ0) is 9.02. The summed E-state index contributed by atoms with van der Waals surface area (Å²) in [6.45, 7) is -1.02. The van der Waals surface area contributed by atoms with E-state index in [-0.39, 0.29) is 0 Å². The fourth-order valence-electron chi connectivity index (χ4n) is 0.399. The molecule has 0 spiro atoms. The van der Waals surface area contributed by atoms with Gasteiger partial charge in [0.1, 0.15) is 18.8 Å². The molecule has 2 atom stereocenters. The lowest BCUT2D eigenvalue weighted by Gasteiger charge is -2.15. The molecule has 0 saturated heterocycles. The Kier molecular flexibility index (Phi) is 3.66. The smallest absolute Gasteiger partial charge is 0.189 e. The van der Waals surface area contributed by atoms with E-state index in [1.807, 2.05) is 0 Å². The molecular formula is C5H7O6-. The van der Waals surface area contributed by atoms with Crippen LogP contribution < -0.4 is 5.11 Å². The van der Waals surface area contributed by atoms with Crippen LogP contribution in [0.1, 0.15) is 0 Å². The van der Waals surface area contributed by atoms with Crippen LogP contribution in [0, 0.1) is 0 Å². The van der Waals surface area contributed by atoms with Gasteiger partial charge in [-0.15, -0.1) is 0 Å². The quantitative estimate of drug-likeness (QED) is 0.389. The van der Waals surface area contributed by atoms with E-state index in [4.69, 9.17) is 15.3 Å². The Bertz CT molecular complexity index is 164. The lowest BCUT2D eigenvalue weighted by atomic mass is 10.1. The van der Waals surface area contributed by atoms with Crippen LogP contribution in [0.4, 0.5) is 0 Å². The highest BCUT2D eigenvalue weighted by Crippen LogP contribution is 1.93. The number of carbonyl (C=O) groups is 2. The highest BCUT2D eigenvalue weighted by molar-refractivity contribution is 5.89. The molecule has 0 heterocycles. The Morgan fingerprint density at radius 2 is 1.73 bits per heavy atom. The Hall–Kier alpha value is -0.980. The summed E-state index contributed by atoms with van der Waals surface area (Å²) in [5.41, 5.74) is 0. The molecule has 0 amide bonds. The minimum absolute atomic E-state index is 1.02. The van der Waals surface area contributed by atoms with Gasteiger partial charge in [0.05, 0.1) is 5.97 Å². The second-order valence-corrected chi connectivity index (χ2v) is 1.83. The summed E-state index contributed by atoms with van der Waals surface area (Å²) in [4.78, 5) is 20.1. The Labute approximate surface area is 61.7 Å². The SMILES string of the molecule is O=C([O-])[C@H](O)[C@@H](O)C(=O)CO. The Morgan fingerprint density at radius 1 is 1.27 bits per heavy atom. The number of carboxylic acid groups (broad SMARTS) is 1. The van der Waals surface area contributed by atoms with Crippen molar-refractivity contribution in [1.82, 2.24) is 0 Å². The molecule has 0 aromatic carbocycles. The standard InChI is InChI=1S/C5H8O6/c6-1-2(7)3(8)4(9)5(10)11/h3-4,6,8-9H,1H2,(H,10,11)/p-1/t3-,4+/m0/s1. The fourth-order valence-corrected chi connectivity index (χ4v) is 0.399. The molecule has 3 N–H and O–H groups in total. The normalized spacial score (nSPS) is 15.5. The van der Waals surface area contributed by atoms with Crippen molar-refractivity contribution in [2.24, 2.45) is 0 Å². The predicted octanol–water partition coefficient (Wildman–Crippen LogP) is -3.98. The number of aliphatic hydroxyl groups is 3. The van der Waals surface area contributed by atoms with Gasteiger partial charge in [0.2, 0.25) is 0 Å². The first-order chi connectivity index (χ1) is 5.00. The summed E-state index contributed by atoms with van der Waals surface area (Å²) in [5.74, 6) is -3.12. The maximum absolute atomic E-state index is 10.3. The van der Waals surface area contributed by atoms with Gasteiger partial charge in [-0.05, 0) is 0 Å². The number of aliphatic hydroxyl groups excluding tert-OH is 3. The van der Waals surface area contributed by atoms with Crippen molar-refractivity contribution in [3.8, 4) is 0 Å². The van der Waals surface area contributed by atoms with Crippen LogP contribution in [0.25, 0.3) is 0 Å². The van der Waals surface area contributed by atoms with E-state index in [9.17, 15) is 14.7 Å². The summed E-state index contributed by atoms with van der Waals surface area (Å²) in [6.07, 6.45) is -4.40. The van der Waals surface area contributed by atoms with Crippen LogP contribution in [0.15, 0.2) is 0 Å². The van der Waals surface area contributed by atoms with E-state index in [0.29, 0.717) is 0 Å². The summed E-state index contributed by atoms with van der Waals surface area (Å²) >= 11 is 0. The van der Waals surface area contributed by atoms with E-state index in [1.165, 1.54) is 0 Å². The number of Topliss-reactive ketones (excluding diaryl/α,β-unsaturated/α-hetero) is 1. The zero-order valence-corrected chi connectivity index (χ0v) is 5.43. The fraction of sp³-hybridized carbons (Fsp3) is 0.600. The van der Waals surface area contributed by atoms with Crippen molar-refractivity contribution in [2.75, 3.05) is 6.61 Å². The van der Waals surface area contributed by atoms with Gasteiger partial charge >= 0.3 is 0 Å². The number of ketones is 1. The molecule has 11 heavy (non-hydrogen) atoms. The summed E-state index contributed by atoms with van der Waals surface area (Å²) in [6, 6.07) is 0. The highest BCUT2D eigenvalue weighted by atomic mass is 16.4. The van der Waals surface area contributed by atoms with Crippen molar-refractivity contribution in [2.45, 2.75) is 12.2 Å². The van der Waals surface area contributed by atoms with E-state index < -0.39 is 30.6 Å². The number of rotatable bonds is 4. The molecule has 6 nitrogen and oxygen atoms in total. The van der Waals surface area contributed by atoms with Gasteiger partial charge in [-0.2, -0.15) is 0 Å². The molecule has 0 bridgehead atoms. The molecule has 0 aromatic rings. The minimum Gasteiger partial charge on any atom is -0.547 e. The van der Waals surface area contributed by atoms with Crippen LogP contribution in [0.2, 0.25) is 0 Å². The van der Waals surface area contributed by atoms with E-state index in [1.54, 1.807) is 0 Å². The summed E-state index contributed by atoms with van der Waals surface area (Å²) < 4.78 is 0. The van der Waals surface area contributed by atoms with Crippen LogP contribution in [-0.4, -0.2) is 45.9 Å². The summed E-state index contributed by atoms with van der Waals surface area (Å²) in [5, 5.41) is 34.9. The topological polar surface area (TPSA) is 118 Å². The second kappa shape index (κ2) is 4.02. The first kappa shape index (κ1) is 10.0. The number of carboxylic acids is 1. The zero-order valence-electron chi connectivity index (χ0n) is 5.43. The Morgan fingerprint density at radius 3 is 2.00 bits per heavy atom. The molecule has 0 aromatic heterocycles. The van der Waals surface area contributed by atoms with Gasteiger partial charge in [0.15, 0.2) is 5.78 Å². The molecular weight excluding hydrogens is 156 g/mol. The van der Waals surface area contributed by atoms with Crippen molar-refractivity contribution < 1.29 is 30.0 Å². The van der Waals surface area contributed by atoms with E-state index in [0.717, 1.165) is 0 Å². The monoisotopic (exact) mass is 163 g/mol. The lowest BCUT2D eigenvalue weighted by molar-refractivity contribution is -0.317. The first-order valence-corrected chi connectivity index (χ1v) is 2.71. The maximum Gasteiger partial charge on any atom is 0.189 e. The van der Waals surface area contributed by atoms with Crippen LogP contribution >= 0.6 is 0 Å². The van der Waals surface area contributed by atoms with E-state index in [2.05, 4.69) is 0 Å². The maximum atomic E-state index is 10.3. The van der Waals surface area contributed by atoms with Crippen molar-refractivity contribution in [3.05, 3.63) is 0 Å². The van der Waals surface area contributed by atoms with Gasteiger partial charge < -0.3 is 25.2 Å². The lowest BCUT2D eigenvalue weighted by Crippen LogP contribution is -2.47. The largest absolute Gasteiger partial charge is 0.547 e. The van der Waals surface area contributed by atoms with Gasteiger partial charge in [-0.25, -0.2) is 0 Å². The third-order valence-electron chi connectivity index (χ3n) is 1.03. The van der Waals surface area contributed by atoms with Crippen LogP contribution in [-0.2, 0) is 9.59 Å².